The van der Waals surface area contributed by atoms with Crippen molar-refractivity contribution in [3.05, 3.63) is 0 Å². The zero-order valence-electron chi connectivity index (χ0n) is 27.3. The summed E-state index contributed by atoms with van der Waals surface area (Å²) in [5, 5.41) is 0. The van der Waals surface area contributed by atoms with Crippen molar-refractivity contribution in [1.82, 2.24) is 0 Å². The molecule has 2 heterocycles. The van der Waals surface area contributed by atoms with Gasteiger partial charge in [0.25, 0.3) is 10.1 Å². The van der Waals surface area contributed by atoms with Gasteiger partial charge in [0.15, 0.2) is 30.7 Å². The Morgan fingerprint density at radius 1 is 0.479 bits per heavy atom. The van der Waals surface area contributed by atoms with Gasteiger partial charge >= 0.3 is 41.8 Å². The quantitative estimate of drug-likeness (QED) is 0.120. The van der Waals surface area contributed by atoms with Crippen LogP contribution in [0.15, 0.2) is 0 Å². The maximum Gasteiger partial charge on any atom is 0.305 e. The zero-order valence-corrected chi connectivity index (χ0v) is 28.1. The molecule has 0 spiro atoms. The number of carbonyl (C=O) groups excluding carboxylic acids is 7. The van der Waals surface area contributed by atoms with E-state index in [1.807, 2.05) is 0 Å². The van der Waals surface area contributed by atoms with E-state index >= 15 is 0 Å². The van der Waals surface area contributed by atoms with Crippen molar-refractivity contribution in [3.63, 3.8) is 0 Å². The molecule has 2 rings (SSSR count). The lowest BCUT2D eigenvalue weighted by Crippen LogP contribution is -2.67. The van der Waals surface area contributed by atoms with Gasteiger partial charge in [0.1, 0.15) is 24.9 Å². The Kier molecular flexibility index (Phi) is 14.7. The Morgan fingerprint density at radius 2 is 0.854 bits per heavy atom. The molecular formula is C27H38O20S. The summed E-state index contributed by atoms with van der Waals surface area (Å²) < 4.78 is 83.5. The van der Waals surface area contributed by atoms with E-state index in [1.54, 1.807) is 0 Å². The van der Waals surface area contributed by atoms with Crippen LogP contribution in [0.3, 0.4) is 0 Å². The summed E-state index contributed by atoms with van der Waals surface area (Å²) in [7, 11) is -4.18. The fourth-order valence-corrected chi connectivity index (χ4v) is 5.10. The number of rotatable bonds is 13. The first-order valence-corrected chi connectivity index (χ1v) is 16.0. The van der Waals surface area contributed by atoms with Crippen LogP contribution in [0, 0.1) is 0 Å². The molecule has 2 saturated heterocycles. The highest BCUT2D eigenvalue weighted by molar-refractivity contribution is 7.85. The first kappa shape index (κ1) is 40.3. The van der Waals surface area contributed by atoms with Gasteiger partial charge in [-0.15, -0.1) is 0 Å². The maximum absolute atomic E-state index is 12.3. The van der Waals surface area contributed by atoms with E-state index in [2.05, 4.69) is 0 Å². The third kappa shape index (κ3) is 12.6. The zero-order chi connectivity index (χ0) is 36.5. The average molecular weight is 715 g/mol. The van der Waals surface area contributed by atoms with Gasteiger partial charge in [-0.1, -0.05) is 0 Å². The minimum Gasteiger partial charge on any atom is -0.463 e. The predicted octanol–water partition coefficient (Wildman–Crippen LogP) is -1.42. The molecule has 20 nitrogen and oxygen atoms in total. The Morgan fingerprint density at radius 3 is 1.29 bits per heavy atom. The van der Waals surface area contributed by atoms with Crippen LogP contribution in [0.1, 0.15) is 48.5 Å². The van der Waals surface area contributed by atoms with E-state index in [9.17, 15) is 42.0 Å². The van der Waals surface area contributed by atoms with Crippen LogP contribution in [-0.4, -0.2) is 131 Å². The second-order valence-electron chi connectivity index (χ2n) is 10.5. The number of hydrogen-bond acceptors (Lipinski definition) is 20. The molecular weight excluding hydrogens is 676 g/mol. The minimum absolute atomic E-state index is 0.628. The number of ether oxygens (including phenoxy) is 10. The molecule has 0 unspecified atom stereocenters. The average Bonchev–Trinajstić information content (AvgIpc) is 2.91. The molecule has 0 N–H and O–H groups in total. The van der Waals surface area contributed by atoms with Gasteiger partial charge in [0, 0.05) is 48.5 Å². The van der Waals surface area contributed by atoms with E-state index in [-0.39, 0.29) is 0 Å². The van der Waals surface area contributed by atoms with E-state index < -0.39 is 127 Å². The Balaban J connectivity index is 2.76. The summed E-state index contributed by atoms with van der Waals surface area (Å²) in [5.74, 6) is -6.51. The Hall–Kier alpha value is -3.92. The van der Waals surface area contributed by atoms with Crippen LogP contribution >= 0.6 is 0 Å². The second-order valence-corrected chi connectivity index (χ2v) is 12.1. The van der Waals surface area contributed by atoms with E-state index in [0.29, 0.717) is 6.26 Å². The largest absolute Gasteiger partial charge is 0.463 e. The van der Waals surface area contributed by atoms with Crippen molar-refractivity contribution in [2.24, 2.45) is 0 Å². The fourth-order valence-electron chi connectivity index (χ4n) is 4.72. The lowest BCUT2D eigenvalue weighted by Gasteiger charge is -2.48. The third-order valence-corrected chi connectivity index (χ3v) is 6.73. The van der Waals surface area contributed by atoms with Crippen LogP contribution in [0.25, 0.3) is 0 Å². The van der Waals surface area contributed by atoms with Crippen LogP contribution < -0.4 is 0 Å². The molecule has 0 bridgehead atoms. The SMILES string of the molecule is CC(=O)OC[C@H]1O[C@H](O[C@H]2[C@H](OC(C)=O)[C@@H](OC(C)=O)[C@H](OC(C)=O)O[C@@H]2COS(C)(=O)=O)[C@H](OC(C)=O)[C@@H](OC(C)=O)[C@@H]1OC(C)=O. The van der Waals surface area contributed by atoms with Gasteiger partial charge in [-0.3, -0.25) is 37.7 Å². The normalized spacial score (nSPS) is 30.2. The highest BCUT2D eigenvalue weighted by atomic mass is 32.2. The van der Waals surface area contributed by atoms with Crippen LogP contribution in [0.4, 0.5) is 0 Å². The van der Waals surface area contributed by atoms with Gasteiger partial charge in [-0.25, -0.2) is 0 Å². The van der Waals surface area contributed by atoms with Gasteiger partial charge in [0.05, 0.1) is 12.9 Å². The van der Waals surface area contributed by atoms with Crippen LogP contribution in [0.2, 0.25) is 0 Å². The number of esters is 7. The summed E-state index contributed by atoms with van der Waals surface area (Å²) in [6.45, 7) is 5.46. The Bertz CT molecular complexity index is 1330. The van der Waals surface area contributed by atoms with Gasteiger partial charge in [-0.2, -0.15) is 8.42 Å². The molecule has 2 aliphatic heterocycles. The molecule has 0 saturated carbocycles. The molecule has 0 amide bonds. The summed E-state index contributed by atoms with van der Waals surface area (Å²) in [6.07, 6.45) is -16.4. The van der Waals surface area contributed by atoms with E-state index in [1.165, 1.54) is 0 Å². The second kappa shape index (κ2) is 17.5. The monoisotopic (exact) mass is 714 g/mol. The van der Waals surface area contributed by atoms with E-state index in [4.69, 9.17) is 51.6 Å². The molecule has 2 aliphatic rings. The topological polar surface area (TPSA) is 255 Å². The van der Waals surface area contributed by atoms with Crippen molar-refractivity contribution >= 4 is 51.9 Å². The minimum atomic E-state index is -4.18. The molecule has 21 heteroatoms. The summed E-state index contributed by atoms with van der Waals surface area (Å²) >= 11 is 0. The predicted molar refractivity (Wildman–Crippen MR) is 149 cm³/mol. The standard InChI is InChI=1S/C27H38O20S/c1-11(28)37-9-18-20(39-12(2)29)22(40-13(3)30)25(43-16(6)33)27(45-18)47-21-19(10-38-48(8,35)36)46-26(44-17(7)34)24(42-15(5)32)23(21)41-14(4)31/h18-27H,9-10H2,1-8H3/t18-,19-,20-,21-,22+,23+,24-,25-,26-,27-/m1/s1. The third-order valence-electron chi connectivity index (χ3n) is 6.16. The first-order chi connectivity index (χ1) is 22.2. The highest BCUT2D eigenvalue weighted by Crippen LogP contribution is 2.35. The summed E-state index contributed by atoms with van der Waals surface area (Å²) in [6, 6.07) is 0. The smallest absolute Gasteiger partial charge is 0.305 e. The highest BCUT2D eigenvalue weighted by Gasteiger charge is 2.58. The lowest BCUT2D eigenvalue weighted by atomic mass is 9.96. The molecule has 48 heavy (non-hydrogen) atoms. The molecule has 0 aliphatic carbocycles. The van der Waals surface area contributed by atoms with Gasteiger partial charge in [-0.05, 0) is 0 Å². The van der Waals surface area contributed by atoms with Crippen molar-refractivity contribution in [2.45, 2.75) is 110 Å². The Labute approximate surface area is 274 Å². The van der Waals surface area contributed by atoms with Crippen molar-refractivity contribution in [1.29, 1.82) is 0 Å². The lowest BCUT2D eigenvalue weighted by molar-refractivity contribution is -0.357. The van der Waals surface area contributed by atoms with Gasteiger partial charge < -0.3 is 47.4 Å². The molecule has 0 aromatic heterocycles. The summed E-state index contributed by atoms with van der Waals surface area (Å²) in [5.41, 5.74) is 0. The summed E-state index contributed by atoms with van der Waals surface area (Å²) in [4.78, 5) is 84.6. The maximum atomic E-state index is 12.3. The molecule has 0 aromatic carbocycles. The fraction of sp³-hybridized carbons (Fsp3) is 0.741. The van der Waals surface area contributed by atoms with Crippen LogP contribution in [-0.2, 0) is 95.2 Å². The van der Waals surface area contributed by atoms with Crippen molar-refractivity contribution < 1.29 is 93.5 Å². The number of carbonyl (C=O) groups is 7. The van der Waals surface area contributed by atoms with Crippen molar-refractivity contribution in [3.8, 4) is 0 Å². The molecule has 2 fully saturated rings. The molecule has 0 radical (unpaired) electrons. The molecule has 10 atom stereocenters. The first-order valence-electron chi connectivity index (χ1n) is 14.2. The van der Waals surface area contributed by atoms with Crippen LogP contribution in [0.5, 0.6) is 0 Å². The number of hydrogen-bond donors (Lipinski definition) is 0. The van der Waals surface area contributed by atoms with Crippen molar-refractivity contribution in [2.75, 3.05) is 19.5 Å². The van der Waals surface area contributed by atoms with E-state index in [0.717, 1.165) is 48.5 Å². The molecule has 0 aromatic rings. The molecule has 272 valence electrons. The van der Waals surface area contributed by atoms with Gasteiger partial charge in [0.2, 0.25) is 12.4 Å².